The number of likely N-dealkylation sites (tertiary alicyclic amines) is 1. The molecule has 2 atom stereocenters. The van der Waals surface area contributed by atoms with Crippen molar-refractivity contribution in [3.63, 3.8) is 0 Å². The second-order valence-electron chi connectivity index (χ2n) is 11.2. The third-order valence-corrected chi connectivity index (χ3v) is 10.1. The van der Waals surface area contributed by atoms with Gasteiger partial charge in [0.25, 0.3) is 0 Å². The van der Waals surface area contributed by atoms with E-state index in [1.54, 1.807) is 40.1 Å². The number of carbonyl (C=O) groups is 3. The molecule has 2 fully saturated rings. The number of nitrogens with one attached hydrogen (secondary N) is 1. The Bertz CT molecular complexity index is 1350. The zero-order valence-corrected chi connectivity index (χ0v) is 25.5. The van der Waals surface area contributed by atoms with Crippen molar-refractivity contribution >= 4 is 39.0 Å². The number of ketones is 1. The summed E-state index contributed by atoms with van der Waals surface area (Å²) in [7, 11) is -3.67. The van der Waals surface area contributed by atoms with Crippen LogP contribution in [0, 0.1) is 5.92 Å². The largest absolute Gasteiger partial charge is 0.340 e. The summed E-state index contributed by atoms with van der Waals surface area (Å²) in [5.74, 6) is -1.96. The maximum absolute atomic E-state index is 13.9. The molecule has 4 rings (SSSR count). The third-order valence-electron chi connectivity index (χ3n) is 8.15. The number of amides is 2. The molecule has 3 N–H and O–H groups in total. The second kappa shape index (κ2) is 15.1. The lowest BCUT2D eigenvalue weighted by atomic mass is 9.97. The van der Waals surface area contributed by atoms with Crippen LogP contribution in [0.2, 0.25) is 5.02 Å². The highest BCUT2D eigenvalue weighted by Crippen LogP contribution is 2.26. The molecule has 11 heteroatoms. The predicted octanol–water partition coefficient (Wildman–Crippen LogP) is 2.73. The zero-order valence-electron chi connectivity index (χ0n) is 24.0. The van der Waals surface area contributed by atoms with Crippen molar-refractivity contribution in [1.29, 1.82) is 0 Å². The maximum atomic E-state index is 13.9. The lowest BCUT2D eigenvalue weighted by molar-refractivity contribution is -0.141. The smallest absolute Gasteiger partial charge is 0.227 e. The van der Waals surface area contributed by atoms with E-state index in [1.807, 2.05) is 18.2 Å². The number of hydrogen-bond acceptors (Lipinski definition) is 7. The van der Waals surface area contributed by atoms with Crippen molar-refractivity contribution in [1.82, 2.24) is 15.1 Å². The molecular weight excluding hydrogens is 576 g/mol. The minimum atomic E-state index is -3.67. The maximum Gasteiger partial charge on any atom is 0.227 e. The van der Waals surface area contributed by atoms with Gasteiger partial charge in [0.05, 0.1) is 23.5 Å². The first kappa shape index (κ1) is 32.1. The van der Waals surface area contributed by atoms with Gasteiger partial charge in [-0.25, -0.2) is 8.42 Å². The Kier molecular flexibility index (Phi) is 11.5. The van der Waals surface area contributed by atoms with Crippen LogP contribution < -0.4 is 11.1 Å². The van der Waals surface area contributed by atoms with Crippen LogP contribution in [0.4, 0.5) is 0 Å². The van der Waals surface area contributed by atoms with E-state index in [9.17, 15) is 22.8 Å². The molecule has 0 unspecified atom stereocenters. The number of rotatable bonds is 13. The number of hydrogen-bond donors (Lipinski definition) is 2. The van der Waals surface area contributed by atoms with Gasteiger partial charge in [0.15, 0.2) is 15.6 Å². The Morgan fingerprint density at radius 1 is 1.00 bits per heavy atom. The van der Waals surface area contributed by atoms with Crippen molar-refractivity contribution in [2.24, 2.45) is 11.7 Å². The molecule has 2 saturated heterocycles. The fraction of sp³-hybridized carbons (Fsp3) is 0.516. The molecule has 0 bridgehead atoms. The van der Waals surface area contributed by atoms with Crippen molar-refractivity contribution in [2.45, 2.75) is 56.9 Å². The number of nitrogens with two attached hydrogens (primary N) is 1. The summed E-state index contributed by atoms with van der Waals surface area (Å²) in [4.78, 5) is 43.6. The summed E-state index contributed by atoms with van der Waals surface area (Å²) in [6, 6.07) is 13.7. The van der Waals surface area contributed by atoms with Crippen LogP contribution in [-0.2, 0) is 42.9 Å². The molecule has 42 heavy (non-hydrogen) atoms. The average molecular weight is 617 g/mol. The fourth-order valence-electron chi connectivity index (χ4n) is 5.89. The number of aryl methyl sites for hydroxylation is 1. The molecule has 2 aliphatic rings. The lowest BCUT2D eigenvalue weighted by Gasteiger charge is -2.30. The predicted molar refractivity (Wildman–Crippen MR) is 164 cm³/mol. The van der Waals surface area contributed by atoms with E-state index in [0.717, 1.165) is 11.1 Å². The van der Waals surface area contributed by atoms with E-state index in [0.29, 0.717) is 69.1 Å². The van der Waals surface area contributed by atoms with Gasteiger partial charge in [0.1, 0.15) is 0 Å². The Morgan fingerprint density at radius 3 is 2.45 bits per heavy atom. The van der Waals surface area contributed by atoms with E-state index in [-0.39, 0.29) is 48.4 Å². The summed E-state index contributed by atoms with van der Waals surface area (Å²) >= 11 is 6.16. The van der Waals surface area contributed by atoms with Crippen LogP contribution in [0.25, 0.3) is 0 Å². The molecule has 0 aliphatic carbocycles. The normalized spacial score (nSPS) is 18.2. The third kappa shape index (κ3) is 8.86. The van der Waals surface area contributed by atoms with Gasteiger partial charge >= 0.3 is 0 Å². The van der Waals surface area contributed by atoms with Crippen LogP contribution in [0.3, 0.4) is 0 Å². The first-order valence-corrected chi connectivity index (χ1v) is 16.9. The molecule has 9 nitrogen and oxygen atoms in total. The Hall–Kier alpha value is -2.79. The highest BCUT2D eigenvalue weighted by Gasteiger charge is 2.38. The van der Waals surface area contributed by atoms with Gasteiger partial charge in [-0.2, -0.15) is 0 Å². The number of nitrogens with zero attached hydrogens (tertiary/aromatic N) is 2. The van der Waals surface area contributed by atoms with Crippen LogP contribution in [0.5, 0.6) is 0 Å². The lowest BCUT2D eigenvalue weighted by Crippen LogP contribution is -2.47. The van der Waals surface area contributed by atoms with E-state index < -0.39 is 21.8 Å². The Balaban J connectivity index is 1.46. The van der Waals surface area contributed by atoms with Crippen molar-refractivity contribution in [3.05, 3.63) is 70.2 Å². The number of benzene rings is 2. The molecule has 2 amide bonds. The minimum absolute atomic E-state index is 0.0633. The van der Waals surface area contributed by atoms with Gasteiger partial charge in [-0.15, -0.1) is 0 Å². The zero-order chi connectivity index (χ0) is 30.1. The molecular formula is C31H41ClN4O5S. The van der Waals surface area contributed by atoms with Gasteiger partial charge in [-0.05, 0) is 54.5 Å². The minimum Gasteiger partial charge on any atom is -0.340 e. The molecule has 2 aliphatic heterocycles. The molecule has 228 valence electrons. The summed E-state index contributed by atoms with van der Waals surface area (Å²) < 4.78 is 26.6. The van der Waals surface area contributed by atoms with Crippen molar-refractivity contribution in [3.8, 4) is 0 Å². The molecule has 0 aromatic heterocycles. The van der Waals surface area contributed by atoms with Gasteiger partial charge < -0.3 is 20.9 Å². The van der Waals surface area contributed by atoms with Gasteiger partial charge in [-0.1, -0.05) is 48.0 Å². The molecule has 2 aromatic rings. The van der Waals surface area contributed by atoms with Gasteiger partial charge in [-0.3, -0.25) is 14.4 Å². The van der Waals surface area contributed by atoms with E-state index in [1.165, 1.54) is 0 Å². The second-order valence-corrected chi connectivity index (χ2v) is 13.7. The number of sulfone groups is 1. The van der Waals surface area contributed by atoms with Crippen LogP contribution in [0.1, 0.15) is 48.8 Å². The first-order chi connectivity index (χ1) is 20.2. The monoisotopic (exact) mass is 616 g/mol. The molecule has 0 saturated carbocycles. The van der Waals surface area contributed by atoms with E-state index in [4.69, 9.17) is 17.3 Å². The quantitative estimate of drug-likeness (QED) is 0.354. The molecule has 2 heterocycles. The summed E-state index contributed by atoms with van der Waals surface area (Å²) in [5, 5.41) is 3.78. The fourth-order valence-corrected chi connectivity index (χ4v) is 7.83. The standard InChI is InChI=1S/C31H41ClN4O5S/c32-27-11-8-25(20-33)24(19-27)9-12-29(37)28-7-4-16-36(28)31(39)26(10-13-30(38)35-17-14-34-15-18-35)22-42(40,41)21-23-5-2-1-3-6-23/h1-3,5-6,8,11,19,26,28,34H,4,7,9-10,12-18,20-22,33H2/t26-,28-/m0/s1. The molecule has 0 spiro atoms. The topological polar surface area (TPSA) is 130 Å². The highest BCUT2D eigenvalue weighted by atomic mass is 35.5. The van der Waals surface area contributed by atoms with Gasteiger partial charge in [0, 0.05) is 57.1 Å². The van der Waals surface area contributed by atoms with E-state index in [2.05, 4.69) is 5.32 Å². The summed E-state index contributed by atoms with van der Waals surface area (Å²) in [6.45, 7) is 3.32. The molecule has 0 radical (unpaired) electrons. The number of halogens is 1. The number of Topliss-reactive ketones (excluding diaryl/α,β-unsaturated/α-hetero) is 1. The van der Waals surface area contributed by atoms with Crippen molar-refractivity contribution in [2.75, 3.05) is 38.5 Å². The van der Waals surface area contributed by atoms with E-state index >= 15 is 0 Å². The van der Waals surface area contributed by atoms with Crippen LogP contribution in [0.15, 0.2) is 48.5 Å². The van der Waals surface area contributed by atoms with Gasteiger partial charge in [0.2, 0.25) is 11.8 Å². The SMILES string of the molecule is NCc1ccc(Cl)cc1CCC(=O)[C@@H]1CCCN1C(=O)[C@@H](CCC(=O)N1CCNCC1)CS(=O)(=O)Cc1ccccc1. The van der Waals surface area contributed by atoms with Crippen molar-refractivity contribution < 1.29 is 22.8 Å². The number of carbonyl (C=O) groups excluding carboxylic acids is 3. The average Bonchev–Trinajstić information content (AvgIpc) is 3.48. The highest BCUT2D eigenvalue weighted by molar-refractivity contribution is 7.90. The Labute approximate surface area is 253 Å². The summed E-state index contributed by atoms with van der Waals surface area (Å²) in [6.07, 6.45) is 2.08. The summed E-state index contributed by atoms with van der Waals surface area (Å²) in [5.41, 5.74) is 8.34. The Morgan fingerprint density at radius 2 is 1.74 bits per heavy atom. The molecule has 2 aromatic carbocycles. The first-order valence-electron chi connectivity index (χ1n) is 14.7. The van der Waals surface area contributed by atoms with Crippen LogP contribution >= 0.6 is 11.6 Å². The number of piperazine rings is 1. The van der Waals surface area contributed by atoms with Crippen LogP contribution in [-0.4, -0.2) is 80.3 Å².